The first-order chi connectivity index (χ1) is 11.8. The molecule has 1 nitrogen and oxygen atoms in total. The lowest BCUT2D eigenvalue weighted by atomic mass is 10.0. The largest absolute Gasteiger partial charge is 0.354 e. The predicted octanol–water partition coefficient (Wildman–Crippen LogP) is 6.78. The minimum absolute atomic E-state index is 1.09. The monoisotopic (exact) mass is 373 g/mol. The van der Waals surface area contributed by atoms with Gasteiger partial charge < -0.3 is 4.98 Å². The number of aromatic amines is 1. The van der Waals surface area contributed by atoms with E-state index >= 15 is 0 Å². The molecule has 0 saturated carbocycles. The van der Waals surface area contributed by atoms with Gasteiger partial charge in [0.1, 0.15) is 0 Å². The first-order valence-corrected chi connectivity index (χ1v) is 8.71. The molecule has 4 rings (SSSR count). The molecule has 1 heterocycles. The van der Waals surface area contributed by atoms with Gasteiger partial charge in [-0.3, -0.25) is 0 Å². The smallest absolute Gasteiger partial charge is 0.0538 e. The van der Waals surface area contributed by atoms with E-state index in [1.54, 1.807) is 0 Å². The maximum atomic E-state index is 3.66. The van der Waals surface area contributed by atoms with Crippen LogP contribution in [0.1, 0.15) is 0 Å². The molecule has 0 atom stereocenters. The predicted molar refractivity (Wildman–Crippen MR) is 105 cm³/mol. The van der Waals surface area contributed by atoms with Crippen molar-refractivity contribution in [3.63, 3.8) is 0 Å². The normalized spacial score (nSPS) is 10.7. The van der Waals surface area contributed by atoms with E-state index in [2.05, 4.69) is 93.7 Å². The van der Waals surface area contributed by atoms with Crippen molar-refractivity contribution in [3.8, 4) is 33.6 Å². The van der Waals surface area contributed by atoms with E-state index in [0.717, 1.165) is 21.4 Å². The summed E-state index contributed by atoms with van der Waals surface area (Å²) in [5.74, 6) is 0. The van der Waals surface area contributed by atoms with Crippen molar-refractivity contribution in [2.24, 2.45) is 0 Å². The maximum Gasteiger partial charge on any atom is 0.0538 e. The zero-order valence-corrected chi connectivity index (χ0v) is 14.6. The van der Waals surface area contributed by atoms with E-state index in [0.29, 0.717) is 0 Å². The molecule has 4 aromatic rings. The molecule has 0 saturated heterocycles. The molecule has 0 aliphatic carbocycles. The number of halogens is 1. The molecule has 1 N–H and O–H groups in total. The summed E-state index contributed by atoms with van der Waals surface area (Å²) >= 11 is 3.66. The molecule has 24 heavy (non-hydrogen) atoms. The Labute approximate surface area is 150 Å². The average Bonchev–Trinajstić information content (AvgIpc) is 3.09. The van der Waals surface area contributed by atoms with Crippen LogP contribution in [0, 0.1) is 0 Å². The molecule has 0 aliphatic heterocycles. The third-order valence-electron chi connectivity index (χ3n) is 4.13. The van der Waals surface area contributed by atoms with Gasteiger partial charge in [0.2, 0.25) is 0 Å². The Morgan fingerprint density at radius 2 is 1.17 bits per heavy atom. The highest BCUT2D eigenvalue weighted by Gasteiger charge is 2.14. The molecule has 2 heteroatoms. The number of H-pyrrole nitrogens is 1. The maximum absolute atomic E-state index is 3.66. The third kappa shape index (κ3) is 2.81. The van der Waals surface area contributed by atoms with Crippen LogP contribution in [0.25, 0.3) is 33.6 Å². The van der Waals surface area contributed by atoms with Gasteiger partial charge in [-0.25, -0.2) is 0 Å². The Morgan fingerprint density at radius 1 is 0.583 bits per heavy atom. The van der Waals surface area contributed by atoms with Crippen LogP contribution in [0.2, 0.25) is 0 Å². The van der Waals surface area contributed by atoms with Gasteiger partial charge >= 0.3 is 0 Å². The highest BCUT2D eigenvalue weighted by Crippen LogP contribution is 2.37. The zero-order valence-electron chi connectivity index (χ0n) is 13.0. The van der Waals surface area contributed by atoms with E-state index < -0.39 is 0 Å². The summed E-state index contributed by atoms with van der Waals surface area (Å²) in [5, 5.41) is 0. The summed E-state index contributed by atoms with van der Waals surface area (Å²) in [6.07, 6.45) is 0. The van der Waals surface area contributed by atoms with Crippen LogP contribution in [-0.4, -0.2) is 4.98 Å². The standard InChI is InChI=1S/C22H16BrN/c23-20-14-8-7-13-18(20)21-15-19(16-9-3-1-4-10-16)22(24-21)17-11-5-2-6-12-17/h1-15,24H. The molecule has 116 valence electrons. The summed E-state index contributed by atoms with van der Waals surface area (Å²) in [6, 6.07) is 31.5. The number of aromatic nitrogens is 1. The molecular weight excluding hydrogens is 358 g/mol. The SMILES string of the molecule is Brc1ccccc1-c1cc(-c2ccccc2)c(-c2ccccc2)[nH]1. The molecule has 0 aliphatic rings. The number of hydrogen-bond acceptors (Lipinski definition) is 0. The number of hydrogen-bond donors (Lipinski definition) is 1. The molecule has 0 unspecified atom stereocenters. The Kier molecular flexibility index (Phi) is 4.06. The fourth-order valence-corrected chi connectivity index (χ4v) is 3.46. The van der Waals surface area contributed by atoms with E-state index in [4.69, 9.17) is 0 Å². The summed E-state index contributed by atoms with van der Waals surface area (Å²) in [4.78, 5) is 3.62. The van der Waals surface area contributed by atoms with Crippen molar-refractivity contribution >= 4 is 15.9 Å². The first-order valence-electron chi connectivity index (χ1n) is 7.92. The highest BCUT2D eigenvalue weighted by atomic mass is 79.9. The van der Waals surface area contributed by atoms with Gasteiger partial charge in [-0.05, 0) is 23.3 Å². The van der Waals surface area contributed by atoms with Crippen LogP contribution >= 0.6 is 15.9 Å². The Balaban J connectivity index is 1.94. The van der Waals surface area contributed by atoms with Crippen molar-refractivity contribution in [2.45, 2.75) is 0 Å². The lowest BCUT2D eigenvalue weighted by molar-refractivity contribution is 1.38. The molecule has 0 fully saturated rings. The topological polar surface area (TPSA) is 15.8 Å². The number of nitrogens with one attached hydrogen (secondary N) is 1. The lowest BCUT2D eigenvalue weighted by Gasteiger charge is -2.04. The lowest BCUT2D eigenvalue weighted by Crippen LogP contribution is -1.82. The van der Waals surface area contributed by atoms with Gasteiger partial charge in [0.05, 0.1) is 5.69 Å². The van der Waals surface area contributed by atoms with Crippen LogP contribution < -0.4 is 0 Å². The highest BCUT2D eigenvalue weighted by molar-refractivity contribution is 9.10. The van der Waals surface area contributed by atoms with Gasteiger partial charge in [-0.2, -0.15) is 0 Å². The molecule has 0 radical (unpaired) electrons. The van der Waals surface area contributed by atoms with Crippen molar-refractivity contribution in [1.29, 1.82) is 0 Å². The fourth-order valence-electron chi connectivity index (χ4n) is 2.96. The van der Waals surface area contributed by atoms with Gasteiger partial charge in [0, 0.05) is 21.3 Å². The molecule has 0 spiro atoms. The summed E-state index contributed by atoms with van der Waals surface area (Å²) in [6.45, 7) is 0. The molecule has 0 bridgehead atoms. The number of rotatable bonds is 3. The average molecular weight is 374 g/mol. The van der Waals surface area contributed by atoms with Crippen molar-refractivity contribution in [2.75, 3.05) is 0 Å². The van der Waals surface area contributed by atoms with Crippen molar-refractivity contribution in [1.82, 2.24) is 4.98 Å². The second-order valence-electron chi connectivity index (χ2n) is 5.68. The molecule has 1 aromatic heterocycles. The van der Waals surface area contributed by atoms with Crippen molar-refractivity contribution in [3.05, 3.63) is 95.5 Å². The third-order valence-corrected chi connectivity index (χ3v) is 4.82. The molecular formula is C22H16BrN. The van der Waals surface area contributed by atoms with E-state index in [-0.39, 0.29) is 0 Å². The quantitative estimate of drug-likeness (QED) is 0.407. The van der Waals surface area contributed by atoms with Crippen LogP contribution in [-0.2, 0) is 0 Å². The second kappa shape index (κ2) is 6.50. The minimum atomic E-state index is 1.09. The second-order valence-corrected chi connectivity index (χ2v) is 6.54. The Hall–Kier alpha value is -2.58. The van der Waals surface area contributed by atoms with E-state index in [9.17, 15) is 0 Å². The van der Waals surface area contributed by atoms with E-state index in [1.807, 2.05) is 18.2 Å². The van der Waals surface area contributed by atoms with Gasteiger partial charge in [-0.15, -0.1) is 0 Å². The van der Waals surface area contributed by atoms with Crippen LogP contribution in [0.3, 0.4) is 0 Å². The fraction of sp³-hybridized carbons (Fsp3) is 0. The Morgan fingerprint density at radius 3 is 1.83 bits per heavy atom. The molecule has 0 amide bonds. The zero-order chi connectivity index (χ0) is 16.4. The minimum Gasteiger partial charge on any atom is -0.354 e. The molecule has 3 aromatic carbocycles. The summed E-state index contributed by atoms with van der Waals surface area (Å²) in [5.41, 5.74) is 7.04. The van der Waals surface area contributed by atoms with Crippen LogP contribution in [0.4, 0.5) is 0 Å². The van der Waals surface area contributed by atoms with Crippen LogP contribution in [0.15, 0.2) is 95.5 Å². The first kappa shape index (κ1) is 15.0. The van der Waals surface area contributed by atoms with Crippen LogP contribution in [0.5, 0.6) is 0 Å². The summed E-state index contributed by atoms with van der Waals surface area (Å²) in [7, 11) is 0. The number of benzene rings is 3. The Bertz CT molecular complexity index is 899. The van der Waals surface area contributed by atoms with Crippen molar-refractivity contribution < 1.29 is 0 Å². The summed E-state index contributed by atoms with van der Waals surface area (Å²) < 4.78 is 1.09. The van der Waals surface area contributed by atoms with E-state index in [1.165, 1.54) is 16.7 Å². The van der Waals surface area contributed by atoms with Gasteiger partial charge in [0.15, 0.2) is 0 Å². The van der Waals surface area contributed by atoms with Gasteiger partial charge in [0.25, 0.3) is 0 Å². The van der Waals surface area contributed by atoms with Gasteiger partial charge in [-0.1, -0.05) is 94.8 Å².